The van der Waals surface area contributed by atoms with Crippen LogP contribution in [0.1, 0.15) is 29.6 Å². The number of pyridine rings is 2. The van der Waals surface area contributed by atoms with Crippen molar-refractivity contribution in [2.45, 2.75) is 18.4 Å². The minimum absolute atomic E-state index is 0.0739. The van der Waals surface area contributed by atoms with Gasteiger partial charge < -0.3 is 9.63 Å². The van der Waals surface area contributed by atoms with Gasteiger partial charge >= 0.3 is 6.09 Å². The Hall–Kier alpha value is -3.87. The van der Waals surface area contributed by atoms with Crippen molar-refractivity contribution in [3.63, 3.8) is 0 Å². The molecule has 3 aromatic heterocycles. The summed E-state index contributed by atoms with van der Waals surface area (Å²) in [5.41, 5.74) is 1.60. The highest BCUT2D eigenvalue weighted by Gasteiger charge is 2.50. The molecule has 10 heteroatoms. The molecule has 4 rings (SSSR count). The summed E-state index contributed by atoms with van der Waals surface area (Å²) in [6, 6.07) is 7.51. The van der Waals surface area contributed by atoms with Gasteiger partial charge in [0.05, 0.1) is 6.54 Å². The quantitative estimate of drug-likeness (QED) is 0.663. The molecule has 0 aliphatic carbocycles. The summed E-state index contributed by atoms with van der Waals surface area (Å²) in [4.78, 5) is 24.2. The van der Waals surface area contributed by atoms with E-state index in [-0.39, 0.29) is 11.7 Å². The molecule has 146 valence electrons. The molecule has 1 aliphatic heterocycles. The van der Waals surface area contributed by atoms with Gasteiger partial charge in [0.2, 0.25) is 11.7 Å². The van der Waals surface area contributed by atoms with Crippen LogP contribution in [0.2, 0.25) is 0 Å². The predicted molar refractivity (Wildman–Crippen MR) is 94.8 cm³/mol. The van der Waals surface area contributed by atoms with Gasteiger partial charge in [-0.25, -0.2) is 18.6 Å². The van der Waals surface area contributed by atoms with Crippen molar-refractivity contribution in [1.29, 1.82) is 0 Å². The highest BCUT2D eigenvalue weighted by molar-refractivity contribution is 5.66. The van der Waals surface area contributed by atoms with E-state index in [4.69, 9.17) is 9.63 Å². The van der Waals surface area contributed by atoms with Gasteiger partial charge in [0.25, 0.3) is 5.92 Å². The van der Waals surface area contributed by atoms with Crippen LogP contribution in [0.5, 0.6) is 0 Å². The molecule has 1 aliphatic rings. The standard InChI is InChI=1S/C19H13F2N5O3/c20-19(21)9-15(26(11-19)18(27)28)17-24-16(25-29-17)14-7-5-12(10-23-14)4-6-13-3-1-2-8-22-13/h1-3,5,7-8,10,15H,9,11H2,(H,27,28). The molecule has 0 spiro atoms. The molecule has 1 N–H and O–H groups in total. The highest BCUT2D eigenvalue weighted by Crippen LogP contribution is 2.40. The molecule has 0 radical (unpaired) electrons. The zero-order valence-corrected chi connectivity index (χ0v) is 14.8. The first-order chi connectivity index (χ1) is 13.9. The Morgan fingerprint density at radius 3 is 2.79 bits per heavy atom. The zero-order chi connectivity index (χ0) is 20.4. The molecule has 1 amide bonds. The van der Waals surface area contributed by atoms with Gasteiger partial charge in [0.15, 0.2) is 0 Å². The second-order valence-corrected chi connectivity index (χ2v) is 6.34. The maximum atomic E-state index is 13.6. The number of carboxylic acid groups (broad SMARTS) is 1. The summed E-state index contributed by atoms with van der Waals surface area (Å²) < 4.78 is 32.3. The van der Waals surface area contributed by atoms with Crippen molar-refractivity contribution in [3.05, 3.63) is 59.9 Å². The number of alkyl halides is 2. The van der Waals surface area contributed by atoms with Gasteiger partial charge in [-0.2, -0.15) is 4.98 Å². The Morgan fingerprint density at radius 2 is 2.10 bits per heavy atom. The van der Waals surface area contributed by atoms with E-state index in [1.165, 1.54) is 6.20 Å². The van der Waals surface area contributed by atoms with Crippen LogP contribution in [0.15, 0.2) is 47.2 Å². The van der Waals surface area contributed by atoms with Gasteiger partial charge in [0.1, 0.15) is 17.4 Å². The minimum Gasteiger partial charge on any atom is -0.465 e. The van der Waals surface area contributed by atoms with Gasteiger partial charge in [-0.3, -0.25) is 9.88 Å². The number of nitrogens with zero attached hydrogens (tertiary/aromatic N) is 5. The van der Waals surface area contributed by atoms with Crippen molar-refractivity contribution in [2.24, 2.45) is 0 Å². The number of rotatable bonds is 2. The van der Waals surface area contributed by atoms with Crippen LogP contribution in [0, 0.1) is 11.8 Å². The first-order valence-corrected chi connectivity index (χ1v) is 8.52. The molecule has 1 saturated heterocycles. The van der Waals surface area contributed by atoms with Crippen molar-refractivity contribution in [2.75, 3.05) is 6.54 Å². The van der Waals surface area contributed by atoms with Crippen LogP contribution in [0.4, 0.5) is 13.6 Å². The average molecular weight is 397 g/mol. The number of hydrogen-bond donors (Lipinski definition) is 1. The minimum atomic E-state index is -3.15. The Balaban J connectivity index is 1.53. The Kier molecular flexibility index (Phi) is 4.64. The Morgan fingerprint density at radius 1 is 1.24 bits per heavy atom. The molecule has 0 aromatic carbocycles. The average Bonchev–Trinajstić information content (AvgIpc) is 3.32. The summed E-state index contributed by atoms with van der Waals surface area (Å²) in [7, 11) is 0. The topological polar surface area (TPSA) is 105 Å². The van der Waals surface area contributed by atoms with Crippen molar-refractivity contribution in [1.82, 2.24) is 25.0 Å². The third kappa shape index (κ3) is 4.03. The molecule has 0 bridgehead atoms. The molecule has 8 nitrogen and oxygen atoms in total. The number of halogens is 2. The summed E-state index contributed by atoms with van der Waals surface area (Å²) in [5.74, 6) is 2.55. The van der Waals surface area contributed by atoms with E-state index in [1.807, 2.05) is 6.07 Å². The predicted octanol–water partition coefficient (Wildman–Crippen LogP) is 2.99. The third-order valence-electron chi connectivity index (χ3n) is 4.23. The summed E-state index contributed by atoms with van der Waals surface area (Å²) in [6.07, 6.45) is 0.969. The van der Waals surface area contributed by atoms with Crippen LogP contribution in [0.25, 0.3) is 11.5 Å². The number of amides is 1. The van der Waals surface area contributed by atoms with Crippen molar-refractivity contribution >= 4 is 6.09 Å². The fourth-order valence-corrected chi connectivity index (χ4v) is 2.89. The smallest absolute Gasteiger partial charge is 0.408 e. The lowest BCUT2D eigenvalue weighted by molar-refractivity contribution is 0.0125. The number of hydrogen-bond acceptors (Lipinski definition) is 6. The van der Waals surface area contributed by atoms with E-state index in [0.29, 0.717) is 21.9 Å². The van der Waals surface area contributed by atoms with Gasteiger partial charge in [-0.05, 0) is 30.2 Å². The van der Waals surface area contributed by atoms with Crippen LogP contribution in [0.3, 0.4) is 0 Å². The first kappa shape index (κ1) is 18.5. The van der Waals surface area contributed by atoms with Gasteiger partial charge in [-0.15, -0.1) is 0 Å². The molecule has 3 aromatic rings. The lowest BCUT2D eigenvalue weighted by atomic mass is 10.2. The SMILES string of the molecule is O=C(O)N1CC(F)(F)CC1c1nc(-c2ccc(C#Cc3ccccn3)cn2)no1. The fraction of sp³-hybridized carbons (Fsp3) is 0.211. The zero-order valence-electron chi connectivity index (χ0n) is 14.8. The van der Waals surface area contributed by atoms with E-state index in [2.05, 4.69) is 31.9 Å². The van der Waals surface area contributed by atoms with Crippen LogP contribution >= 0.6 is 0 Å². The second-order valence-electron chi connectivity index (χ2n) is 6.34. The lowest BCUT2D eigenvalue weighted by Crippen LogP contribution is -2.31. The largest absolute Gasteiger partial charge is 0.465 e. The summed E-state index contributed by atoms with van der Waals surface area (Å²) >= 11 is 0. The Labute approximate surface area is 163 Å². The van der Waals surface area contributed by atoms with E-state index >= 15 is 0 Å². The Bertz CT molecular complexity index is 1090. The monoisotopic (exact) mass is 397 g/mol. The first-order valence-electron chi connectivity index (χ1n) is 8.52. The number of aromatic nitrogens is 4. The van der Waals surface area contributed by atoms with Gasteiger partial charge in [-0.1, -0.05) is 17.1 Å². The van der Waals surface area contributed by atoms with Crippen LogP contribution in [-0.4, -0.2) is 48.7 Å². The van der Waals surface area contributed by atoms with Crippen molar-refractivity contribution in [3.8, 4) is 23.4 Å². The molecule has 1 unspecified atom stereocenters. The number of carbonyl (C=O) groups is 1. The van der Waals surface area contributed by atoms with Crippen molar-refractivity contribution < 1.29 is 23.2 Å². The van der Waals surface area contributed by atoms with E-state index in [0.717, 1.165) is 0 Å². The fourth-order valence-electron chi connectivity index (χ4n) is 2.89. The second kappa shape index (κ2) is 7.27. The summed E-state index contributed by atoms with van der Waals surface area (Å²) in [5, 5.41) is 12.9. The normalized spacial score (nSPS) is 17.6. The molecular weight excluding hydrogens is 384 g/mol. The van der Waals surface area contributed by atoms with Crippen LogP contribution in [-0.2, 0) is 0 Å². The maximum absolute atomic E-state index is 13.6. The molecule has 29 heavy (non-hydrogen) atoms. The maximum Gasteiger partial charge on any atom is 0.408 e. The molecule has 1 atom stereocenters. The van der Waals surface area contributed by atoms with E-state index in [9.17, 15) is 13.6 Å². The third-order valence-corrected chi connectivity index (χ3v) is 4.23. The molecular formula is C19H13F2N5O3. The lowest BCUT2D eigenvalue weighted by Gasteiger charge is -2.16. The molecule has 1 fully saturated rings. The highest BCUT2D eigenvalue weighted by atomic mass is 19.3. The molecule has 0 saturated carbocycles. The molecule has 4 heterocycles. The van der Waals surface area contributed by atoms with E-state index < -0.39 is 31.0 Å². The number of likely N-dealkylation sites (tertiary alicyclic amines) is 1. The van der Waals surface area contributed by atoms with Gasteiger partial charge in [0, 0.05) is 24.4 Å². The van der Waals surface area contributed by atoms with E-state index in [1.54, 1.807) is 30.5 Å². The van der Waals surface area contributed by atoms with Crippen LogP contribution < -0.4 is 0 Å². The summed E-state index contributed by atoms with van der Waals surface area (Å²) in [6.45, 7) is -0.910.